The monoisotopic (exact) mass is 495 g/mol. The first-order valence-electron chi connectivity index (χ1n) is 12.3. The Morgan fingerprint density at radius 3 is 2.26 bits per heavy atom. The van der Waals surface area contributed by atoms with Crippen LogP contribution in [0.2, 0.25) is 0 Å². The van der Waals surface area contributed by atoms with Crippen molar-refractivity contribution in [3.63, 3.8) is 0 Å². The third-order valence-corrected chi connectivity index (χ3v) is 3.84. The zero-order valence-electron chi connectivity index (χ0n) is 23.5. The summed E-state index contributed by atoms with van der Waals surface area (Å²) in [6.45, 7) is 21.0. The lowest BCUT2D eigenvalue weighted by Crippen LogP contribution is -2.29. The average Bonchev–Trinajstić information content (AvgIpc) is 2.94. The minimum absolute atomic E-state index is 0.192. The fourth-order valence-electron chi connectivity index (χ4n) is 2.39. The van der Waals surface area contributed by atoms with Crippen molar-refractivity contribution in [1.29, 1.82) is 5.41 Å². The highest BCUT2D eigenvalue weighted by atomic mass is 19.1. The molecule has 8 heteroatoms. The SMILES string of the molecule is C=O.CC.CC.CC.CCN(CC/C=C/n1cc(C)ccc1=N)CCOc1cccnc1F.CN. The number of carbonyl (C=O) groups is 1. The van der Waals surface area contributed by atoms with Gasteiger partial charge < -0.3 is 19.8 Å². The van der Waals surface area contributed by atoms with Gasteiger partial charge in [-0.05, 0) is 50.7 Å². The predicted octanol–water partition coefficient (Wildman–Crippen LogP) is 5.54. The van der Waals surface area contributed by atoms with Crippen molar-refractivity contribution < 1.29 is 13.9 Å². The Kier molecular flexibility index (Phi) is 35.1. The molecule has 0 aliphatic rings. The van der Waals surface area contributed by atoms with Gasteiger partial charge in [0.2, 0.25) is 0 Å². The Labute approximate surface area is 213 Å². The molecule has 3 N–H and O–H groups in total. The summed E-state index contributed by atoms with van der Waals surface area (Å²) in [4.78, 5) is 13.8. The maximum absolute atomic E-state index is 13.4. The zero-order chi connectivity index (χ0) is 28.1. The molecule has 0 unspecified atom stereocenters. The maximum atomic E-state index is 13.4. The number of aryl methyl sites for hydroxylation is 1. The van der Waals surface area contributed by atoms with Gasteiger partial charge in [-0.15, -0.1) is 0 Å². The van der Waals surface area contributed by atoms with Gasteiger partial charge >= 0.3 is 0 Å². The number of pyridine rings is 2. The lowest BCUT2D eigenvalue weighted by atomic mass is 10.3. The first-order valence-corrected chi connectivity index (χ1v) is 12.3. The van der Waals surface area contributed by atoms with Crippen molar-refractivity contribution >= 4 is 13.0 Å². The van der Waals surface area contributed by atoms with Gasteiger partial charge in [0.1, 0.15) is 18.9 Å². The number of ether oxygens (including phenoxy) is 1. The fourth-order valence-corrected chi connectivity index (χ4v) is 2.39. The smallest absolute Gasteiger partial charge is 0.255 e. The number of halogens is 1. The van der Waals surface area contributed by atoms with Crippen LogP contribution in [0.5, 0.6) is 5.75 Å². The molecule has 35 heavy (non-hydrogen) atoms. The molecule has 0 fully saturated rings. The van der Waals surface area contributed by atoms with Crippen LogP contribution in [-0.2, 0) is 4.79 Å². The van der Waals surface area contributed by atoms with E-state index in [-0.39, 0.29) is 5.75 Å². The highest BCUT2D eigenvalue weighted by Gasteiger charge is 2.05. The number of aromatic nitrogens is 2. The van der Waals surface area contributed by atoms with E-state index in [1.807, 2.05) is 73.7 Å². The molecular formula is C27H50FN5O2. The van der Waals surface area contributed by atoms with Gasteiger partial charge in [0.15, 0.2) is 5.75 Å². The molecule has 0 radical (unpaired) electrons. The van der Waals surface area contributed by atoms with Crippen molar-refractivity contribution in [2.75, 3.05) is 33.3 Å². The Balaban J connectivity index is -0.000000426. The van der Waals surface area contributed by atoms with Gasteiger partial charge in [-0.2, -0.15) is 4.39 Å². The summed E-state index contributed by atoms with van der Waals surface area (Å²) in [5, 5.41) is 7.86. The number of hydrogen-bond donors (Lipinski definition) is 2. The summed E-state index contributed by atoms with van der Waals surface area (Å²) in [7, 11) is 1.50. The van der Waals surface area contributed by atoms with Crippen LogP contribution in [0.4, 0.5) is 4.39 Å². The minimum atomic E-state index is -0.574. The van der Waals surface area contributed by atoms with Crippen LogP contribution in [0.25, 0.3) is 6.20 Å². The summed E-state index contributed by atoms with van der Waals surface area (Å²) >= 11 is 0. The second-order valence-corrected chi connectivity index (χ2v) is 5.75. The van der Waals surface area contributed by atoms with Gasteiger partial charge in [0.05, 0.1) is 0 Å². The van der Waals surface area contributed by atoms with Crippen molar-refractivity contribution in [2.24, 2.45) is 5.73 Å². The van der Waals surface area contributed by atoms with E-state index in [0.29, 0.717) is 12.1 Å². The molecule has 2 heterocycles. The molecule has 0 saturated heterocycles. The summed E-state index contributed by atoms with van der Waals surface area (Å²) < 4.78 is 20.6. The molecular weight excluding hydrogens is 445 g/mol. The summed E-state index contributed by atoms with van der Waals surface area (Å²) in [6.07, 6.45) is 8.19. The molecule has 0 aliphatic carbocycles. The van der Waals surface area contributed by atoms with Gasteiger partial charge in [-0.25, -0.2) is 4.98 Å². The van der Waals surface area contributed by atoms with Crippen LogP contribution in [0.3, 0.4) is 0 Å². The number of hydrogen-bond acceptors (Lipinski definition) is 6. The van der Waals surface area contributed by atoms with E-state index < -0.39 is 5.95 Å². The predicted molar refractivity (Wildman–Crippen MR) is 148 cm³/mol. The maximum Gasteiger partial charge on any atom is 0.255 e. The third kappa shape index (κ3) is 20.3. The van der Waals surface area contributed by atoms with Crippen LogP contribution >= 0.6 is 0 Å². The number of nitrogens with two attached hydrogens (primary N) is 1. The largest absolute Gasteiger partial charge is 0.487 e. The lowest BCUT2D eigenvalue weighted by Gasteiger charge is -2.19. The average molecular weight is 496 g/mol. The number of likely N-dealkylation sites (N-methyl/N-ethyl adjacent to an activating group) is 1. The van der Waals surface area contributed by atoms with E-state index in [9.17, 15) is 4.39 Å². The molecule has 0 atom stereocenters. The summed E-state index contributed by atoms with van der Waals surface area (Å²) in [6, 6.07) is 6.95. The third-order valence-electron chi connectivity index (χ3n) is 3.84. The van der Waals surface area contributed by atoms with Gasteiger partial charge in [0.25, 0.3) is 5.95 Å². The molecule has 7 nitrogen and oxygen atoms in total. The standard InChI is InChI=1S/C19H25FN4O.3C2H6.CH5N.CH2O/c1-3-23(13-14-25-17-7-6-10-22-19(17)20)11-4-5-12-24-15-16(2)8-9-18(24)21;5*1-2/h5-10,12,15,21H,3-4,11,13-14H2,1-2H3;3*1-2H3;2H2,1H3;1H2/b12-5+,21-18?;;;;;. The van der Waals surface area contributed by atoms with E-state index in [0.717, 1.165) is 31.6 Å². The Bertz CT molecular complexity index is 782. The van der Waals surface area contributed by atoms with Crippen LogP contribution in [0.1, 0.15) is 60.5 Å². The number of carbonyl (C=O) groups excluding carboxylic acids is 1. The second-order valence-electron chi connectivity index (χ2n) is 5.75. The molecule has 2 aromatic rings. The molecule has 2 aromatic heterocycles. The topological polar surface area (TPSA) is 97.2 Å². The molecule has 0 bridgehead atoms. The number of rotatable bonds is 9. The number of nitrogens with zero attached hydrogens (tertiary/aromatic N) is 3. The van der Waals surface area contributed by atoms with E-state index in [1.165, 1.54) is 13.2 Å². The molecule has 0 aliphatic heterocycles. The summed E-state index contributed by atoms with van der Waals surface area (Å²) in [5.74, 6) is -0.382. The Morgan fingerprint density at radius 1 is 1.11 bits per heavy atom. The quantitative estimate of drug-likeness (QED) is 0.445. The second kappa shape index (κ2) is 31.2. The van der Waals surface area contributed by atoms with Crippen molar-refractivity contribution in [3.05, 3.63) is 59.7 Å². The lowest BCUT2D eigenvalue weighted by molar-refractivity contribution is -0.0980. The van der Waals surface area contributed by atoms with Crippen LogP contribution in [-0.4, -0.2) is 54.5 Å². The van der Waals surface area contributed by atoms with Gasteiger partial charge in [-0.1, -0.05) is 60.6 Å². The molecule has 2 rings (SSSR count). The number of nitrogens with one attached hydrogen (secondary N) is 1. The van der Waals surface area contributed by atoms with Gasteiger partial charge in [0, 0.05) is 31.7 Å². The Morgan fingerprint density at radius 2 is 1.71 bits per heavy atom. The van der Waals surface area contributed by atoms with Crippen LogP contribution in [0.15, 0.2) is 42.7 Å². The first kappa shape index (κ1) is 39.4. The molecule has 0 spiro atoms. The van der Waals surface area contributed by atoms with Gasteiger partial charge in [-0.3, -0.25) is 10.3 Å². The highest BCUT2D eigenvalue weighted by Crippen LogP contribution is 2.12. The Hall–Kier alpha value is -2.84. The highest BCUT2D eigenvalue weighted by molar-refractivity contribution is 5.24. The van der Waals surface area contributed by atoms with Crippen molar-refractivity contribution in [3.8, 4) is 5.75 Å². The first-order chi connectivity index (χ1) is 17.1. The van der Waals surface area contributed by atoms with E-state index >= 15 is 0 Å². The molecule has 0 amide bonds. The van der Waals surface area contributed by atoms with E-state index in [2.05, 4.69) is 28.6 Å². The van der Waals surface area contributed by atoms with Crippen LogP contribution in [0, 0.1) is 18.3 Å². The fraction of sp³-hybridized carbons (Fsp3) is 0.519. The minimum Gasteiger partial charge on any atom is -0.487 e. The van der Waals surface area contributed by atoms with E-state index in [4.69, 9.17) is 14.9 Å². The summed E-state index contributed by atoms with van der Waals surface area (Å²) in [5.41, 5.74) is 6.08. The molecule has 0 aromatic carbocycles. The van der Waals surface area contributed by atoms with E-state index in [1.54, 1.807) is 22.8 Å². The van der Waals surface area contributed by atoms with Crippen molar-refractivity contribution in [1.82, 2.24) is 14.5 Å². The zero-order valence-corrected chi connectivity index (χ0v) is 23.5. The van der Waals surface area contributed by atoms with Crippen molar-refractivity contribution in [2.45, 2.75) is 61.8 Å². The van der Waals surface area contributed by atoms with Crippen LogP contribution < -0.4 is 16.0 Å². The molecule has 0 saturated carbocycles. The normalized spacial score (nSPS) is 8.91. The molecule has 202 valence electrons.